The van der Waals surface area contributed by atoms with Crippen molar-refractivity contribution in [3.05, 3.63) is 18.3 Å². The molecule has 2 heterocycles. The lowest BCUT2D eigenvalue weighted by Crippen LogP contribution is -2.38. The molecule has 1 unspecified atom stereocenters. The third-order valence-corrected chi connectivity index (χ3v) is 6.89. The highest BCUT2D eigenvalue weighted by Crippen LogP contribution is 2.24. The van der Waals surface area contributed by atoms with E-state index in [1.165, 1.54) is 33.2 Å². The monoisotopic (exact) mass is 386 g/mol. The molecule has 0 radical (unpaired) electrons. The van der Waals surface area contributed by atoms with Crippen LogP contribution in [0.5, 0.6) is 0 Å². The zero-order chi connectivity index (χ0) is 18.6. The van der Waals surface area contributed by atoms with Gasteiger partial charge in [0, 0.05) is 32.4 Å². The number of sulfonamides is 1. The van der Waals surface area contributed by atoms with Crippen molar-refractivity contribution < 1.29 is 18.0 Å². The van der Waals surface area contributed by atoms with Crippen LogP contribution >= 0.6 is 11.8 Å². The molecule has 1 N–H and O–H groups in total. The zero-order valence-corrected chi connectivity index (χ0v) is 16.1. The van der Waals surface area contributed by atoms with Gasteiger partial charge < -0.3 is 5.32 Å². The molecule has 1 atom stereocenters. The van der Waals surface area contributed by atoms with Crippen LogP contribution in [-0.4, -0.2) is 66.0 Å². The Labute approximate surface area is 152 Å². The zero-order valence-electron chi connectivity index (χ0n) is 14.4. The Kier molecular flexibility index (Phi) is 6.42. The lowest BCUT2D eigenvalue weighted by Gasteiger charge is -2.19. The fraction of sp³-hybridized carbons (Fsp3) is 0.533. The Morgan fingerprint density at radius 3 is 2.56 bits per heavy atom. The number of imide groups is 1. The second-order valence-corrected chi connectivity index (χ2v) is 8.70. The largest absolute Gasteiger partial charge is 0.336 e. The Morgan fingerprint density at radius 1 is 1.40 bits per heavy atom. The van der Waals surface area contributed by atoms with Gasteiger partial charge in [0.1, 0.15) is 4.90 Å². The smallest absolute Gasteiger partial charge is 0.324 e. The first-order valence-electron chi connectivity index (χ1n) is 8.03. The molecule has 0 aliphatic carbocycles. The maximum atomic E-state index is 12.4. The van der Waals surface area contributed by atoms with Gasteiger partial charge in [-0.15, -0.1) is 0 Å². The van der Waals surface area contributed by atoms with Crippen LogP contribution in [0.1, 0.15) is 20.8 Å². The van der Waals surface area contributed by atoms with E-state index in [-0.39, 0.29) is 16.8 Å². The highest BCUT2D eigenvalue weighted by atomic mass is 32.2. The SMILES string of the molecule is CCN(CC)S(=O)(=O)c1ccc(SC(C)C(=O)N2CCNC2=O)nc1. The molecule has 1 aromatic heterocycles. The van der Waals surface area contributed by atoms with Gasteiger partial charge >= 0.3 is 6.03 Å². The van der Waals surface area contributed by atoms with E-state index in [0.717, 1.165) is 0 Å². The summed E-state index contributed by atoms with van der Waals surface area (Å²) in [6.45, 7) is 6.84. The Morgan fingerprint density at radius 2 is 2.08 bits per heavy atom. The fourth-order valence-corrected chi connectivity index (χ4v) is 4.69. The standard InChI is InChI=1S/C15H22N4O4S2/c1-4-18(5-2)25(22,23)12-6-7-13(17-10-12)24-11(3)14(20)19-9-8-16-15(19)21/h6-7,10-11H,4-5,8-9H2,1-3H3,(H,16,21). The predicted octanol–water partition coefficient (Wildman–Crippen LogP) is 1.14. The van der Waals surface area contributed by atoms with Crippen molar-refractivity contribution in [1.82, 2.24) is 19.5 Å². The lowest BCUT2D eigenvalue weighted by molar-refractivity contribution is -0.126. The van der Waals surface area contributed by atoms with Gasteiger partial charge in [-0.05, 0) is 19.1 Å². The quantitative estimate of drug-likeness (QED) is 0.706. The second kappa shape index (κ2) is 8.15. The van der Waals surface area contributed by atoms with E-state index in [1.807, 2.05) is 0 Å². The van der Waals surface area contributed by atoms with Gasteiger partial charge in [0.2, 0.25) is 15.9 Å². The first kappa shape index (κ1) is 19.7. The molecular formula is C15H22N4O4S2. The molecule has 3 amide bonds. The van der Waals surface area contributed by atoms with Crippen molar-refractivity contribution in [2.75, 3.05) is 26.2 Å². The van der Waals surface area contributed by atoms with Gasteiger partial charge in [-0.2, -0.15) is 4.31 Å². The molecule has 25 heavy (non-hydrogen) atoms. The number of pyridine rings is 1. The van der Waals surface area contributed by atoms with Crippen molar-refractivity contribution in [2.24, 2.45) is 0 Å². The number of urea groups is 1. The first-order valence-corrected chi connectivity index (χ1v) is 10.3. The number of rotatable bonds is 7. The molecule has 2 rings (SSSR count). The molecule has 1 saturated heterocycles. The highest BCUT2D eigenvalue weighted by molar-refractivity contribution is 8.00. The molecule has 1 aromatic rings. The summed E-state index contributed by atoms with van der Waals surface area (Å²) >= 11 is 1.19. The number of hydrogen-bond donors (Lipinski definition) is 1. The molecule has 1 fully saturated rings. The number of carbonyl (C=O) groups excluding carboxylic acids is 2. The summed E-state index contributed by atoms with van der Waals surface area (Å²) in [5.74, 6) is -0.290. The highest BCUT2D eigenvalue weighted by Gasteiger charge is 2.30. The Bertz CT molecular complexity index is 732. The number of aromatic nitrogens is 1. The summed E-state index contributed by atoms with van der Waals surface area (Å²) in [6.07, 6.45) is 1.30. The normalized spacial score (nSPS) is 16.2. The molecule has 1 aliphatic rings. The topological polar surface area (TPSA) is 99.7 Å². The van der Waals surface area contributed by atoms with Gasteiger partial charge in [-0.1, -0.05) is 25.6 Å². The summed E-state index contributed by atoms with van der Waals surface area (Å²) in [5.41, 5.74) is 0. The van der Waals surface area contributed by atoms with Gasteiger partial charge in [0.05, 0.1) is 10.3 Å². The van der Waals surface area contributed by atoms with E-state index < -0.39 is 15.3 Å². The third kappa shape index (κ3) is 4.31. The van der Waals surface area contributed by atoms with Crippen molar-refractivity contribution in [3.63, 3.8) is 0 Å². The van der Waals surface area contributed by atoms with Crippen molar-refractivity contribution >= 4 is 33.7 Å². The van der Waals surface area contributed by atoms with E-state index in [0.29, 0.717) is 31.2 Å². The number of amides is 3. The average molecular weight is 386 g/mol. The molecule has 0 saturated carbocycles. The van der Waals surface area contributed by atoms with Gasteiger partial charge in [-0.3, -0.25) is 9.69 Å². The number of hydrogen-bond acceptors (Lipinski definition) is 6. The molecule has 10 heteroatoms. The summed E-state index contributed by atoms with van der Waals surface area (Å²) in [6, 6.07) is 2.68. The predicted molar refractivity (Wildman–Crippen MR) is 94.8 cm³/mol. The number of carbonyl (C=O) groups is 2. The molecule has 0 bridgehead atoms. The summed E-state index contributed by atoms with van der Waals surface area (Å²) in [5, 5.41) is 2.61. The van der Waals surface area contributed by atoms with E-state index >= 15 is 0 Å². The maximum Gasteiger partial charge on any atom is 0.324 e. The van der Waals surface area contributed by atoms with Crippen molar-refractivity contribution in [1.29, 1.82) is 0 Å². The Balaban J connectivity index is 2.07. The van der Waals surface area contributed by atoms with Crippen LogP contribution in [0.2, 0.25) is 0 Å². The minimum atomic E-state index is -3.55. The van der Waals surface area contributed by atoms with Gasteiger partial charge in [0.25, 0.3) is 0 Å². The molecule has 8 nitrogen and oxygen atoms in total. The average Bonchev–Trinajstić information content (AvgIpc) is 3.01. The third-order valence-electron chi connectivity index (χ3n) is 3.82. The maximum absolute atomic E-state index is 12.4. The van der Waals surface area contributed by atoms with Gasteiger partial charge in [0.15, 0.2) is 0 Å². The molecule has 1 aliphatic heterocycles. The number of nitrogens with zero attached hydrogens (tertiary/aromatic N) is 3. The fourth-order valence-electron chi connectivity index (χ4n) is 2.43. The Hall–Kier alpha value is -1.65. The molecule has 138 valence electrons. The summed E-state index contributed by atoms with van der Waals surface area (Å²) in [4.78, 5) is 29.3. The number of thioether (sulfide) groups is 1. The van der Waals surface area contributed by atoms with E-state index in [1.54, 1.807) is 26.8 Å². The minimum Gasteiger partial charge on any atom is -0.336 e. The second-order valence-electron chi connectivity index (χ2n) is 5.40. The van der Waals surface area contributed by atoms with Crippen LogP contribution in [0.4, 0.5) is 4.79 Å². The number of nitrogens with one attached hydrogen (secondary N) is 1. The molecule has 0 aromatic carbocycles. The van der Waals surface area contributed by atoms with Crippen LogP contribution in [0, 0.1) is 0 Å². The summed E-state index contributed by atoms with van der Waals surface area (Å²) < 4.78 is 26.2. The van der Waals surface area contributed by atoms with Gasteiger partial charge in [-0.25, -0.2) is 18.2 Å². The summed E-state index contributed by atoms with van der Waals surface area (Å²) in [7, 11) is -3.55. The molecular weight excluding hydrogens is 364 g/mol. The van der Waals surface area contributed by atoms with Crippen LogP contribution in [-0.2, 0) is 14.8 Å². The van der Waals surface area contributed by atoms with Crippen molar-refractivity contribution in [3.8, 4) is 0 Å². The van der Waals surface area contributed by atoms with Crippen LogP contribution in [0.15, 0.2) is 28.3 Å². The first-order chi connectivity index (χ1) is 11.8. The van der Waals surface area contributed by atoms with E-state index in [2.05, 4.69) is 10.3 Å². The lowest BCUT2D eigenvalue weighted by atomic mass is 10.4. The van der Waals surface area contributed by atoms with E-state index in [4.69, 9.17) is 0 Å². The van der Waals surface area contributed by atoms with Crippen LogP contribution in [0.3, 0.4) is 0 Å². The van der Waals surface area contributed by atoms with Crippen molar-refractivity contribution in [2.45, 2.75) is 35.9 Å². The van der Waals surface area contributed by atoms with Crippen LogP contribution < -0.4 is 5.32 Å². The minimum absolute atomic E-state index is 0.124. The van der Waals surface area contributed by atoms with E-state index in [9.17, 15) is 18.0 Å². The molecule has 0 spiro atoms. The van der Waals surface area contributed by atoms with Crippen LogP contribution in [0.25, 0.3) is 0 Å².